The minimum atomic E-state index is -0.820. The molecule has 1 nitrogen and oxygen atoms in total. The molecule has 1 unspecified atom stereocenters. The lowest BCUT2D eigenvalue weighted by Crippen LogP contribution is -2.23. The Kier molecular flexibility index (Phi) is 5.71. The zero-order valence-electron chi connectivity index (χ0n) is 11.9. The second-order valence-electron chi connectivity index (χ2n) is 4.98. The lowest BCUT2D eigenvalue weighted by atomic mass is 9.91. The van der Waals surface area contributed by atoms with Crippen LogP contribution in [0.1, 0.15) is 24.0 Å². The van der Waals surface area contributed by atoms with E-state index in [4.69, 9.17) is 11.6 Å². The number of nitrogens with one attached hydrogen (secondary N) is 1. The van der Waals surface area contributed by atoms with Gasteiger partial charge in [0.15, 0.2) is 11.6 Å². The van der Waals surface area contributed by atoms with Gasteiger partial charge in [0, 0.05) is 17.5 Å². The van der Waals surface area contributed by atoms with E-state index in [1.54, 1.807) is 6.07 Å². The molecule has 0 aliphatic rings. The van der Waals surface area contributed by atoms with Crippen LogP contribution < -0.4 is 5.32 Å². The predicted octanol–water partition coefficient (Wildman–Crippen LogP) is 4.55. The van der Waals surface area contributed by atoms with E-state index >= 15 is 0 Å². The molecule has 112 valence electrons. The van der Waals surface area contributed by atoms with Gasteiger partial charge in [-0.05, 0) is 42.3 Å². The third-order valence-corrected chi connectivity index (χ3v) is 3.80. The second kappa shape index (κ2) is 7.53. The summed E-state index contributed by atoms with van der Waals surface area (Å²) < 4.78 is 26.4. The van der Waals surface area contributed by atoms with Crippen LogP contribution in [0.4, 0.5) is 8.78 Å². The summed E-state index contributed by atoms with van der Waals surface area (Å²) in [6.07, 6.45) is 0.605. The van der Waals surface area contributed by atoms with Gasteiger partial charge >= 0.3 is 0 Å². The number of likely N-dealkylation sites (N-methyl/N-ethyl adjacent to an activating group) is 1. The van der Waals surface area contributed by atoms with E-state index in [0.717, 1.165) is 24.2 Å². The molecule has 0 aliphatic carbocycles. The molecule has 2 rings (SSSR count). The van der Waals surface area contributed by atoms with E-state index in [1.807, 2.05) is 31.2 Å². The first-order valence-electron chi connectivity index (χ1n) is 7.01. The van der Waals surface area contributed by atoms with Crippen molar-refractivity contribution in [2.24, 2.45) is 0 Å². The topological polar surface area (TPSA) is 12.0 Å². The number of benzene rings is 2. The quantitative estimate of drug-likeness (QED) is 0.825. The van der Waals surface area contributed by atoms with Crippen molar-refractivity contribution in [3.63, 3.8) is 0 Å². The van der Waals surface area contributed by atoms with Gasteiger partial charge in [-0.2, -0.15) is 0 Å². The van der Waals surface area contributed by atoms with Crippen molar-refractivity contribution >= 4 is 11.6 Å². The maximum Gasteiger partial charge on any atom is 0.159 e. The summed E-state index contributed by atoms with van der Waals surface area (Å²) in [5.74, 6) is -1.52. The highest BCUT2D eigenvalue weighted by Gasteiger charge is 2.16. The van der Waals surface area contributed by atoms with Crippen LogP contribution in [0.5, 0.6) is 0 Å². The van der Waals surface area contributed by atoms with Gasteiger partial charge in [0.1, 0.15) is 0 Å². The average molecular weight is 310 g/mol. The summed E-state index contributed by atoms with van der Waals surface area (Å²) in [6, 6.07) is 11.7. The Hall–Kier alpha value is -1.45. The molecular weight excluding hydrogens is 292 g/mol. The fraction of sp³-hybridized carbons (Fsp3) is 0.294. The van der Waals surface area contributed by atoms with Gasteiger partial charge in [0.2, 0.25) is 0 Å². The molecule has 0 radical (unpaired) electrons. The monoisotopic (exact) mass is 309 g/mol. The molecule has 0 heterocycles. The van der Waals surface area contributed by atoms with Gasteiger partial charge in [-0.1, -0.05) is 42.8 Å². The molecule has 0 aromatic heterocycles. The van der Waals surface area contributed by atoms with E-state index in [9.17, 15) is 8.78 Å². The molecule has 4 heteroatoms. The third kappa shape index (κ3) is 4.26. The molecular formula is C17H18ClF2N. The van der Waals surface area contributed by atoms with Crippen molar-refractivity contribution in [1.29, 1.82) is 0 Å². The largest absolute Gasteiger partial charge is 0.316 e. The van der Waals surface area contributed by atoms with E-state index in [-0.39, 0.29) is 5.92 Å². The first-order valence-corrected chi connectivity index (χ1v) is 7.38. The highest BCUT2D eigenvalue weighted by molar-refractivity contribution is 6.31. The highest BCUT2D eigenvalue weighted by atomic mass is 35.5. The maximum absolute atomic E-state index is 13.3. The Balaban J connectivity index is 2.24. The molecule has 2 aromatic rings. The SMILES string of the molecule is CCNCC(Cc1ccc(F)c(F)c1)c1ccccc1Cl. The fourth-order valence-corrected chi connectivity index (χ4v) is 2.66. The Morgan fingerprint density at radius 2 is 1.86 bits per heavy atom. The standard InChI is InChI=1S/C17H18ClF2N/c1-2-21-11-13(14-5-3-4-6-15(14)18)9-12-7-8-16(19)17(20)10-12/h3-8,10,13,21H,2,9,11H2,1H3. The van der Waals surface area contributed by atoms with Crippen molar-refractivity contribution in [3.05, 3.63) is 70.2 Å². The zero-order valence-corrected chi connectivity index (χ0v) is 12.6. The van der Waals surface area contributed by atoms with Gasteiger partial charge in [-0.25, -0.2) is 8.78 Å². The lowest BCUT2D eigenvalue weighted by Gasteiger charge is -2.19. The maximum atomic E-state index is 13.3. The van der Waals surface area contributed by atoms with Crippen LogP contribution in [0.3, 0.4) is 0 Å². The highest BCUT2D eigenvalue weighted by Crippen LogP contribution is 2.27. The van der Waals surface area contributed by atoms with Gasteiger partial charge < -0.3 is 5.32 Å². The number of rotatable bonds is 6. The summed E-state index contributed by atoms with van der Waals surface area (Å²) in [5.41, 5.74) is 1.78. The number of hydrogen-bond acceptors (Lipinski definition) is 1. The normalized spacial score (nSPS) is 12.4. The minimum absolute atomic E-state index is 0.114. The molecule has 0 amide bonds. The number of halogens is 3. The van der Waals surface area contributed by atoms with Crippen LogP contribution in [0.15, 0.2) is 42.5 Å². The molecule has 0 fully saturated rings. The molecule has 0 saturated heterocycles. The summed E-state index contributed by atoms with van der Waals surface area (Å²) in [6.45, 7) is 3.61. The van der Waals surface area contributed by atoms with Crippen LogP contribution >= 0.6 is 11.6 Å². The Labute approximate surface area is 128 Å². The van der Waals surface area contributed by atoms with Crippen LogP contribution in [-0.2, 0) is 6.42 Å². The average Bonchev–Trinajstić information content (AvgIpc) is 2.48. The van der Waals surface area contributed by atoms with Crippen LogP contribution in [0, 0.1) is 11.6 Å². The summed E-state index contributed by atoms with van der Waals surface area (Å²) in [4.78, 5) is 0. The van der Waals surface area contributed by atoms with E-state index in [2.05, 4.69) is 5.32 Å². The summed E-state index contributed by atoms with van der Waals surface area (Å²) in [7, 11) is 0. The Morgan fingerprint density at radius 1 is 1.10 bits per heavy atom. The Bertz CT molecular complexity index is 601. The summed E-state index contributed by atoms with van der Waals surface area (Å²) in [5, 5.41) is 3.99. The second-order valence-corrected chi connectivity index (χ2v) is 5.39. The fourth-order valence-electron chi connectivity index (χ4n) is 2.37. The molecule has 1 N–H and O–H groups in total. The van der Waals surface area contributed by atoms with Crippen LogP contribution in [0.2, 0.25) is 5.02 Å². The van der Waals surface area contributed by atoms with Crippen LogP contribution in [0.25, 0.3) is 0 Å². The molecule has 0 aliphatic heterocycles. The zero-order chi connectivity index (χ0) is 15.2. The third-order valence-electron chi connectivity index (χ3n) is 3.45. The van der Waals surface area contributed by atoms with Crippen molar-refractivity contribution in [2.75, 3.05) is 13.1 Å². The number of hydrogen-bond donors (Lipinski definition) is 1. The molecule has 21 heavy (non-hydrogen) atoms. The van der Waals surface area contributed by atoms with E-state index in [1.165, 1.54) is 12.1 Å². The van der Waals surface area contributed by atoms with Gasteiger partial charge in [0.25, 0.3) is 0 Å². The van der Waals surface area contributed by atoms with Crippen molar-refractivity contribution in [1.82, 2.24) is 5.32 Å². The molecule has 0 saturated carbocycles. The first kappa shape index (κ1) is 15.9. The van der Waals surface area contributed by atoms with Crippen molar-refractivity contribution in [2.45, 2.75) is 19.3 Å². The van der Waals surface area contributed by atoms with Crippen molar-refractivity contribution in [3.8, 4) is 0 Å². The van der Waals surface area contributed by atoms with E-state index in [0.29, 0.717) is 11.4 Å². The molecule has 1 atom stereocenters. The summed E-state index contributed by atoms with van der Waals surface area (Å²) >= 11 is 6.26. The Morgan fingerprint density at radius 3 is 2.52 bits per heavy atom. The molecule has 0 spiro atoms. The molecule has 2 aromatic carbocycles. The first-order chi connectivity index (χ1) is 10.1. The van der Waals surface area contributed by atoms with Gasteiger partial charge in [0.05, 0.1) is 0 Å². The smallest absolute Gasteiger partial charge is 0.159 e. The van der Waals surface area contributed by atoms with Crippen LogP contribution in [-0.4, -0.2) is 13.1 Å². The van der Waals surface area contributed by atoms with E-state index < -0.39 is 11.6 Å². The van der Waals surface area contributed by atoms with Gasteiger partial charge in [-0.15, -0.1) is 0 Å². The predicted molar refractivity (Wildman–Crippen MR) is 82.8 cm³/mol. The van der Waals surface area contributed by atoms with Gasteiger partial charge in [-0.3, -0.25) is 0 Å². The lowest BCUT2D eigenvalue weighted by molar-refractivity contribution is 0.505. The molecule has 0 bridgehead atoms. The minimum Gasteiger partial charge on any atom is -0.316 e. The van der Waals surface area contributed by atoms with Crippen molar-refractivity contribution < 1.29 is 8.78 Å².